The number of aromatic nitrogens is 8. The van der Waals surface area contributed by atoms with Crippen LogP contribution in [0.15, 0.2) is 522 Å². The summed E-state index contributed by atoms with van der Waals surface area (Å²) in [5.41, 5.74) is 30.8. The minimum absolute atomic E-state index is 0.843. The van der Waals surface area contributed by atoms with E-state index in [1.54, 1.807) is 0 Å². The summed E-state index contributed by atoms with van der Waals surface area (Å²) >= 11 is 0. The molecule has 10 nitrogen and oxygen atoms in total. The Bertz CT molecular complexity index is 8070. The van der Waals surface area contributed by atoms with Gasteiger partial charge < -0.3 is 18.9 Å². The van der Waals surface area contributed by atoms with Crippen molar-refractivity contribution >= 4 is 132 Å². The lowest BCUT2D eigenvalue weighted by Gasteiger charge is -2.27. The largest absolute Gasteiger partial charge is 0.310 e. The summed E-state index contributed by atoms with van der Waals surface area (Å²) in [5.74, 6) is 2.53. The van der Waals surface area contributed by atoms with Crippen LogP contribution in [0.2, 0.25) is 0 Å². The fourth-order valence-electron chi connectivity index (χ4n) is 19.6. The van der Waals surface area contributed by atoms with E-state index in [2.05, 4.69) is 518 Å². The molecule has 0 aliphatic rings. The highest BCUT2D eigenvalue weighted by Gasteiger charge is 2.26. The number of nitrogens with zero attached hydrogens (tertiary/aromatic N) is 10. The van der Waals surface area contributed by atoms with Crippen LogP contribution in [0.25, 0.3) is 183 Å². The Hall–Kier alpha value is -18.3. The Morgan fingerprint density at radius 3 is 0.674 bits per heavy atom. The number of hydrogen-bond acceptors (Lipinski definition) is 5. The van der Waals surface area contributed by atoms with E-state index >= 15 is 0 Å². The average Bonchev–Trinajstić information content (AvgIpc) is 1.60. The van der Waals surface area contributed by atoms with Gasteiger partial charge in [-0.1, -0.05) is 322 Å². The predicted octanol–water partition coefficient (Wildman–Crippen LogP) is 32.9. The highest BCUT2D eigenvalue weighted by atomic mass is 15.2. The lowest BCUT2D eigenvalue weighted by molar-refractivity contribution is 1.09. The summed E-state index contributed by atoms with van der Waals surface area (Å²) in [4.78, 5) is 20.5. The molecule has 636 valence electrons. The van der Waals surface area contributed by atoms with Crippen LogP contribution >= 0.6 is 0 Å². The molecule has 0 spiro atoms. The van der Waals surface area contributed by atoms with E-state index in [1.807, 2.05) is 36.4 Å². The minimum atomic E-state index is 0.843. The van der Waals surface area contributed by atoms with Crippen molar-refractivity contribution in [3.05, 3.63) is 522 Å². The molecule has 5 aromatic heterocycles. The average molecular weight is 1730 g/mol. The first-order valence-electron chi connectivity index (χ1n) is 45.8. The topological polar surface area (TPSA) is 69.8 Å². The Balaban J connectivity index is 0.000000112. The molecule has 0 saturated carbocycles. The second-order valence-corrected chi connectivity index (χ2v) is 33.8. The molecule has 0 bridgehead atoms. The number of fused-ring (bicyclic) bond motifs is 11. The molecule has 0 atom stereocenters. The maximum atomic E-state index is 5.28. The highest BCUT2D eigenvalue weighted by Crippen LogP contribution is 2.46. The van der Waals surface area contributed by atoms with Gasteiger partial charge in [-0.05, 0) is 233 Å². The first-order valence-corrected chi connectivity index (χ1v) is 45.8. The van der Waals surface area contributed by atoms with Gasteiger partial charge in [-0.2, -0.15) is 0 Å². The molecule has 0 N–H and O–H groups in total. The van der Waals surface area contributed by atoms with Crippen LogP contribution in [-0.4, -0.2) is 37.8 Å². The maximum absolute atomic E-state index is 5.28. The van der Waals surface area contributed by atoms with Crippen LogP contribution in [0, 0.1) is 0 Å². The summed E-state index contributed by atoms with van der Waals surface area (Å²) in [5, 5.41) is 10.0. The predicted molar refractivity (Wildman–Crippen MR) is 563 cm³/mol. The first kappa shape index (κ1) is 80.1. The van der Waals surface area contributed by atoms with Crippen molar-refractivity contribution in [3.8, 4) is 84.9 Å². The van der Waals surface area contributed by atoms with Gasteiger partial charge in [-0.3, -0.25) is 13.7 Å². The standard InChI is InChI=1S/C45H30N6.C44H32N2.C36H24N2/c1-4-16-34(17-5-1)49-40-25-13-10-22-37(40)46-43(49)31-28-32(44-47-38-23-11-14-26-41(38)50(44)35-18-6-2-7-19-35)30-33(29-31)45-48-39-24-12-15-27-42(39)51(45)36-20-8-3-9-21-36;1-3-17-37(18-4-1)45(43-23-11-15-35-13-7-9-21-41(35)43)39-29-25-33(26-30-39)34-27-31-40(32-28-34)46(38-19-5-2-6-20-38)44-24-12-16-36-14-8-10-22-42(36)44;1-5-13-33-29(9-1)30-10-2-6-14-34(30)37(33)27-21-17-25(18-22-27)26-19-23-28(24-20-26)38-35-15-7-3-11-31(35)32-12-4-8-16-36(32)38/h1-30H;1-32H;1-24H. The summed E-state index contributed by atoms with van der Waals surface area (Å²) in [6.45, 7) is 0. The fraction of sp³-hybridized carbons (Fsp3) is 0. The van der Waals surface area contributed by atoms with Gasteiger partial charge >= 0.3 is 0 Å². The quantitative estimate of drug-likeness (QED) is 0.0964. The monoisotopic (exact) mass is 1730 g/mol. The van der Waals surface area contributed by atoms with Gasteiger partial charge in [0.15, 0.2) is 0 Å². The molecular weight excluding hydrogens is 1640 g/mol. The fourth-order valence-corrected chi connectivity index (χ4v) is 19.6. The number of para-hydroxylation sites is 15. The molecule has 0 fully saturated rings. The second-order valence-electron chi connectivity index (χ2n) is 33.8. The van der Waals surface area contributed by atoms with E-state index in [1.165, 1.54) is 98.8 Å². The minimum Gasteiger partial charge on any atom is -0.310 e. The Kier molecular flexibility index (Phi) is 20.8. The van der Waals surface area contributed by atoms with Gasteiger partial charge in [0.25, 0.3) is 0 Å². The third-order valence-corrected chi connectivity index (χ3v) is 25.8. The molecule has 0 aliphatic heterocycles. The van der Waals surface area contributed by atoms with Crippen molar-refractivity contribution < 1.29 is 0 Å². The number of hydrogen-bond donors (Lipinski definition) is 0. The Morgan fingerprint density at radius 1 is 0.148 bits per heavy atom. The van der Waals surface area contributed by atoms with Gasteiger partial charge in [-0.25, -0.2) is 15.0 Å². The zero-order chi connectivity index (χ0) is 89.5. The molecular formula is C125H86N10. The van der Waals surface area contributed by atoms with Gasteiger partial charge in [0.05, 0.1) is 66.5 Å². The van der Waals surface area contributed by atoms with Gasteiger partial charge in [0.1, 0.15) is 17.5 Å². The number of rotatable bonds is 16. The van der Waals surface area contributed by atoms with Crippen molar-refractivity contribution in [2.75, 3.05) is 9.80 Å². The molecule has 0 aliphatic carbocycles. The molecule has 135 heavy (non-hydrogen) atoms. The normalized spacial score (nSPS) is 11.4. The van der Waals surface area contributed by atoms with Gasteiger partial charge in [-0.15, -0.1) is 0 Å². The van der Waals surface area contributed by atoms with E-state index in [9.17, 15) is 0 Å². The van der Waals surface area contributed by atoms with Crippen molar-refractivity contribution in [3.63, 3.8) is 0 Å². The summed E-state index contributed by atoms with van der Waals surface area (Å²) < 4.78 is 11.5. The molecule has 10 heteroatoms. The number of imidazole rings is 3. The third kappa shape index (κ3) is 14.9. The summed E-state index contributed by atoms with van der Waals surface area (Å²) in [7, 11) is 0. The van der Waals surface area contributed by atoms with Crippen LogP contribution in [0.5, 0.6) is 0 Å². The smallest absolute Gasteiger partial charge is 0.145 e. The first-order chi connectivity index (χ1) is 67.0. The van der Waals surface area contributed by atoms with Gasteiger partial charge in [0, 0.05) is 100 Å². The van der Waals surface area contributed by atoms with E-state index in [0.717, 1.165) is 118 Å². The van der Waals surface area contributed by atoms with Crippen LogP contribution in [0.3, 0.4) is 0 Å². The number of anilines is 6. The van der Waals surface area contributed by atoms with Crippen LogP contribution in [0.1, 0.15) is 0 Å². The molecule has 26 rings (SSSR count). The molecule has 5 heterocycles. The van der Waals surface area contributed by atoms with Crippen molar-refractivity contribution in [2.45, 2.75) is 0 Å². The molecule has 0 saturated heterocycles. The van der Waals surface area contributed by atoms with E-state index < -0.39 is 0 Å². The zero-order valence-corrected chi connectivity index (χ0v) is 73.6. The summed E-state index contributed by atoms with van der Waals surface area (Å²) in [6, 6.07) is 185. The van der Waals surface area contributed by atoms with Crippen LogP contribution in [-0.2, 0) is 0 Å². The van der Waals surface area contributed by atoms with Crippen molar-refractivity contribution in [1.29, 1.82) is 0 Å². The third-order valence-electron chi connectivity index (χ3n) is 25.8. The molecule has 0 radical (unpaired) electrons. The lowest BCUT2D eigenvalue weighted by atomic mass is 10.0. The number of benzene rings is 21. The second kappa shape index (κ2) is 35.0. The van der Waals surface area contributed by atoms with Crippen LogP contribution < -0.4 is 9.80 Å². The maximum Gasteiger partial charge on any atom is 0.145 e. The molecule has 21 aromatic carbocycles. The zero-order valence-electron chi connectivity index (χ0n) is 73.6. The van der Waals surface area contributed by atoms with E-state index in [-0.39, 0.29) is 0 Å². The van der Waals surface area contributed by atoms with E-state index in [0.29, 0.717) is 0 Å². The van der Waals surface area contributed by atoms with E-state index in [4.69, 9.17) is 15.0 Å². The van der Waals surface area contributed by atoms with Crippen molar-refractivity contribution in [2.24, 2.45) is 0 Å². The highest BCUT2D eigenvalue weighted by molar-refractivity contribution is 6.11. The SMILES string of the molecule is c1ccc(-n2c(-c3cc(-c4nc5ccccc5n4-c4ccccc4)cc(-c4nc5ccccc5n4-c4ccccc4)c3)nc3ccccc32)cc1.c1ccc(N(c2ccc(-c3ccc(N(c4ccccc4)c4cccc5ccccc45)cc3)cc2)c2cccc3ccccc23)cc1.c1ccc2c(c1)c1ccccc1n2-c1ccc(-c2ccc(-n3c4ccccc4c4ccccc43)cc2)cc1. The molecule has 0 unspecified atom stereocenters. The Labute approximate surface area is 781 Å². The van der Waals surface area contributed by atoms with Crippen LogP contribution in [0.4, 0.5) is 34.1 Å². The van der Waals surface area contributed by atoms with Gasteiger partial charge in [0.2, 0.25) is 0 Å². The lowest BCUT2D eigenvalue weighted by Crippen LogP contribution is -2.10. The van der Waals surface area contributed by atoms with Crippen molar-refractivity contribution in [1.82, 2.24) is 37.8 Å². The summed E-state index contributed by atoms with van der Waals surface area (Å²) in [6.07, 6.45) is 0. The molecule has 26 aromatic rings. The Morgan fingerprint density at radius 2 is 0.370 bits per heavy atom. The molecule has 0 amide bonds.